The Kier molecular flexibility index (Phi) is 14.2. The van der Waals surface area contributed by atoms with Crippen molar-refractivity contribution >= 4 is 109 Å². The molecule has 0 amide bonds. The van der Waals surface area contributed by atoms with Crippen LogP contribution >= 0.6 is 69.6 Å². The third-order valence-corrected chi connectivity index (χ3v) is 14.0. The number of nitrogens with one attached hydrogen (secondary N) is 3. The van der Waals surface area contributed by atoms with E-state index in [4.69, 9.17) is 69.6 Å². The highest BCUT2D eigenvalue weighted by molar-refractivity contribution is 6.41. The Morgan fingerprint density at radius 2 is 1.30 bits per heavy atom. The third-order valence-electron chi connectivity index (χ3n) is 12.1. The molecule has 0 spiro atoms. The lowest BCUT2D eigenvalue weighted by Gasteiger charge is -2.38. The second kappa shape index (κ2) is 19.6. The normalized spacial score (nSPS) is 21.2. The maximum atomic E-state index is 10.8. The predicted molar refractivity (Wildman–Crippen MR) is 253 cm³/mol. The van der Waals surface area contributed by atoms with Crippen LogP contribution in [0.1, 0.15) is 63.1 Å². The van der Waals surface area contributed by atoms with Crippen LogP contribution in [0.25, 0.3) is 21.8 Å². The molecule has 0 saturated carbocycles. The van der Waals surface area contributed by atoms with Gasteiger partial charge in [-0.1, -0.05) is 69.6 Å². The molecule has 0 radical (unpaired) electrons. The fraction of sp³-hybridized carbons (Fsp3) is 0.386. The summed E-state index contributed by atoms with van der Waals surface area (Å²) < 4.78 is 0. The SMILES string of the molecule is O=CC1CCCN1c1ccc(Cl)c(Cl)n1.OCC1NCCc2c1[nH]c1ccc(Cl)cc21.OCC1c2[nH]c3ccc(Cl)cc3c2CCN1CC1CCCN1c1ccc(Cl)c(Cl)n1.[HH].[HH]. The molecule has 2 saturated heterocycles. The van der Waals surface area contributed by atoms with E-state index in [1.807, 2.05) is 47.4 Å². The molecule has 4 atom stereocenters. The maximum absolute atomic E-state index is 10.8. The Hall–Kier alpha value is -3.33. The summed E-state index contributed by atoms with van der Waals surface area (Å²) in [6.07, 6.45) is 6.95. The molecule has 326 valence electrons. The standard InChI is InChI=1S/C22H23Cl3N4O.C12H13ClN2O.C10H10Cl2N2O.2H2/c23-13-3-5-18-16(10-13)15-7-9-28(19(12-30)21(15)26-18)11-14-2-1-8-29(14)20-6-4-17(24)22(25)27-20;13-7-1-2-10-9(5-7)8-3-4-14-11(6-16)12(8)15-10;11-8-3-4-9(13-10(8)12)14-5-1-2-7(14)6-15;;/h3-6,10,14,19,26,30H,1-2,7-9,11-12H2;1-2,5,11,14-16H,3-4,6H2;3-4,6-7H,1-2,5H2;2*1H. The summed E-state index contributed by atoms with van der Waals surface area (Å²) in [5, 5.41) is 28.2. The lowest BCUT2D eigenvalue weighted by molar-refractivity contribution is -0.108. The van der Waals surface area contributed by atoms with Crippen LogP contribution in [-0.2, 0) is 17.6 Å². The van der Waals surface area contributed by atoms with Gasteiger partial charge >= 0.3 is 0 Å². The van der Waals surface area contributed by atoms with Crippen LogP contribution in [0.4, 0.5) is 11.6 Å². The minimum atomic E-state index is -0.0743. The summed E-state index contributed by atoms with van der Waals surface area (Å²) in [6.45, 7) is 4.65. The van der Waals surface area contributed by atoms with E-state index in [0.29, 0.717) is 21.2 Å². The number of rotatable bonds is 7. The summed E-state index contributed by atoms with van der Waals surface area (Å²) >= 11 is 36.0. The molecular formula is C44H50Cl6N8O3. The molecule has 2 fully saturated rings. The molecule has 2 aromatic carbocycles. The van der Waals surface area contributed by atoms with Gasteiger partial charge in [-0.3, -0.25) is 4.90 Å². The molecule has 0 aliphatic carbocycles. The van der Waals surface area contributed by atoms with Crippen LogP contribution in [0.3, 0.4) is 0 Å². The first-order valence-corrected chi connectivity index (χ1v) is 22.7. The van der Waals surface area contributed by atoms with E-state index in [-0.39, 0.29) is 39.3 Å². The van der Waals surface area contributed by atoms with E-state index in [1.54, 1.807) is 18.2 Å². The van der Waals surface area contributed by atoms with Crippen molar-refractivity contribution in [3.05, 3.63) is 114 Å². The number of aliphatic hydroxyl groups excluding tert-OH is 2. The lowest BCUT2D eigenvalue weighted by Crippen LogP contribution is -2.45. The van der Waals surface area contributed by atoms with Crippen LogP contribution in [0.5, 0.6) is 0 Å². The molecule has 5 N–H and O–H groups in total. The van der Waals surface area contributed by atoms with Gasteiger partial charge in [-0.2, -0.15) is 0 Å². The minimum Gasteiger partial charge on any atom is -0.394 e. The van der Waals surface area contributed by atoms with Crippen molar-refractivity contribution in [1.29, 1.82) is 0 Å². The summed E-state index contributed by atoms with van der Waals surface area (Å²) in [4.78, 5) is 33.0. The van der Waals surface area contributed by atoms with Gasteiger partial charge in [0.1, 0.15) is 28.2 Å². The number of benzene rings is 2. The highest BCUT2D eigenvalue weighted by Crippen LogP contribution is 2.38. The molecule has 4 aromatic heterocycles. The fourth-order valence-corrected chi connectivity index (χ4v) is 10.1. The third kappa shape index (κ3) is 9.48. The first-order valence-electron chi connectivity index (χ1n) is 20.5. The molecular weight excluding hydrogens is 901 g/mol. The molecule has 61 heavy (non-hydrogen) atoms. The number of hydrogen-bond donors (Lipinski definition) is 5. The zero-order valence-corrected chi connectivity index (χ0v) is 37.7. The Balaban J connectivity index is 0.000000170. The molecule has 6 aromatic rings. The molecule has 11 nitrogen and oxygen atoms in total. The second-order valence-corrected chi connectivity index (χ2v) is 18.1. The van der Waals surface area contributed by atoms with Crippen molar-refractivity contribution in [2.45, 2.75) is 62.7 Å². The van der Waals surface area contributed by atoms with Crippen LogP contribution in [-0.4, -0.2) is 99.4 Å². The quantitative estimate of drug-likeness (QED) is 0.0783. The molecule has 17 heteroatoms. The number of aldehydes is 1. The topological polar surface area (TPSA) is 137 Å². The number of hydrogen-bond acceptors (Lipinski definition) is 9. The summed E-state index contributed by atoms with van der Waals surface area (Å²) in [5.41, 5.74) is 6.94. The fourth-order valence-electron chi connectivity index (χ4n) is 9.20. The van der Waals surface area contributed by atoms with Crippen molar-refractivity contribution < 1.29 is 17.9 Å². The van der Waals surface area contributed by atoms with Crippen molar-refractivity contribution in [3.8, 4) is 0 Å². The predicted octanol–water partition coefficient (Wildman–Crippen LogP) is 10.1. The van der Waals surface area contributed by atoms with Gasteiger partial charge in [0.15, 0.2) is 0 Å². The number of aromatic nitrogens is 4. The number of aliphatic hydroxyl groups is 2. The highest BCUT2D eigenvalue weighted by atomic mass is 35.5. The van der Waals surface area contributed by atoms with E-state index in [9.17, 15) is 15.0 Å². The van der Waals surface area contributed by atoms with Crippen LogP contribution in [0.15, 0.2) is 60.7 Å². The van der Waals surface area contributed by atoms with E-state index in [0.717, 1.165) is 127 Å². The molecule has 10 rings (SSSR count). The van der Waals surface area contributed by atoms with Crippen molar-refractivity contribution in [2.75, 3.05) is 55.7 Å². The Bertz CT molecular complexity index is 2530. The number of H-pyrrole nitrogens is 2. The number of carbonyl (C=O) groups excluding carboxylic acids is 1. The Morgan fingerprint density at radius 3 is 1.90 bits per heavy atom. The molecule has 4 aliphatic heterocycles. The van der Waals surface area contributed by atoms with Gasteiger partial charge in [0.25, 0.3) is 0 Å². The first-order chi connectivity index (χ1) is 29.6. The van der Waals surface area contributed by atoms with Crippen LogP contribution in [0.2, 0.25) is 30.4 Å². The summed E-state index contributed by atoms with van der Waals surface area (Å²) in [5.74, 6) is 1.59. The van der Waals surface area contributed by atoms with Crippen molar-refractivity contribution in [2.24, 2.45) is 0 Å². The van der Waals surface area contributed by atoms with Gasteiger partial charge in [0.05, 0.1) is 41.4 Å². The smallest absolute Gasteiger partial charge is 0.150 e. The first kappa shape index (κ1) is 44.3. The second-order valence-electron chi connectivity index (χ2n) is 15.7. The Morgan fingerprint density at radius 1 is 0.705 bits per heavy atom. The number of pyridine rings is 2. The van der Waals surface area contributed by atoms with E-state index in [1.165, 1.54) is 16.5 Å². The monoisotopic (exact) mass is 948 g/mol. The average molecular weight is 952 g/mol. The lowest BCUT2D eigenvalue weighted by atomic mass is 9.97. The highest BCUT2D eigenvalue weighted by Gasteiger charge is 2.35. The summed E-state index contributed by atoms with van der Waals surface area (Å²) in [7, 11) is 0. The maximum Gasteiger partial charge on any atom is 0.150 e. The average Bonchev–Trinajstić information content (AvgIpc) is 4.08. The van der Waals surface area contributed by atoms with Crippen LogP contribution in [0, 0.1) is 0 Å². The zero-order valence-electron chi connectivity index (χ0n) is 33.2. The van der Waals surface area contributed by atoms with Gasteiger partial charge in [-0.15, -0.1) is 0 Å². The van der Waals surface area contributed by atoms with Gasteiger partial charge in [-0.25, -0.2) is 9.97 Å². The number of fused-ring (bicyclic) bond motifs is 6. The number of nitrogens with zero attached hydrogens (tertiary/aromatic N) is 5. The minimum absolute atomic E-state index is 0. The van der Waals surface area contributed by atoms with Crippen LogP contribution < -0.4 is 15.1 Å². The van der Waals surface area contributed by atoms with Crippen molar-refractivity contribution in [1.82, 2.24) is 30.2 Å². The van der Waals surface area contributed by atoms with Crippen molar-refractivity contribution in [3.63, 3.8) is 0 Å². The molecule has 4 aliphatic rings. The Labute approximate surface area is 387 Å². The van der Waals surface area contributed by atoms with Gasteiger partial charge in [0.2, 0.25) is 0 Å². The number of carbonyl (C=O) groups is 1. The van der Waals surface area contributed by atoms with Gasteiger partial charge < -0.3 is 40.1 Å². The molecule has 0 bridgehead atoms. The largest absolute Gasteiger partial charge is 0.394 e. The van der Waals surface area contributed by atoms with E-state index >= 15 is 0 Å². The van der Waals surface area contributed by atoms with Gasteiger partial charge in [-0.05, 0) is 117 Å². The van der Waals surface area contributed by atoms with Gasteiger partial charge in [0, 0.05) is 78.3 Å². The number of halogens is 6. The van der Waals surface area contributed by atoms with E-state index < -0.39 is 0 Å². The molecule has 4 unspecified atom stereocenters. The zero-order chi connectivity index (χ0) is 42.8. The number of anilines is 2. The summed E-state index contributed by atoms with van der Waals surface area (Å²) in [6, 6.07) is 19.3. The number of aromatic amines is 2. The van der Waals surface area contributed by atoms with E-state index in [2.05, 4.69) is 35.1 Å². The molecule has 8 heterocycles.